The first-order valence-corrected chi connectivity index (χ1v) is 12.9. The van der Waals surface area contributed by atoms with Gasteiger partial charge in [0.25, 0.3) is 11.8 Å². The molecule has 13 heteroatoms. The van der Waals surface area contributed by atoms with Crippen molar-refractivity contribution in [2.75, 3.05) is 6.54 Å². The third kappa shape index (κ3) is 11.3. The minimum Gasteiger partial charge on any atom is -0.352 e. The Morgan fingerprint density at radius 3 is 2.05 bits per heavy atom. The number of rotatable bonds is 15. The van der Waals surface area contributed by atoms with Gasteiger partial charge in [-0.1, -0.05) is 34.6 Å². The van der Waals surface area contributed by atoms with Crippen molar-refractivity contribution in [3.8, 4) is 0 Å². The number of nitrogens with zero attached hydrogens (tertiary/aromatic N) is 1. The molecule has 0 bridgehead atoms. The van der Waals surface area contributed by atoms with Crippen LogP contribution in [-0.2, 0) is 33.6 Å². The van der Waals surface area contributed by atoms with Crippen molar-refractivity contribution in [2.45, 2.75) is 98.1 Å². The maximum absolute atomic E-state index is 13.1. The number of nitrogens with one attached hydrogen (secondary N) is 3. The molecule has 1 rings (SSSR count). The van der Waals surface area contributed by atoms with Crippen molar-refractivity contribution >= 4 is 41.4 Å². The molecule has 0 spiro atoms. The first-order chi connectivity index (χ1) is 17.6. The normalized spacial score (nSPS) is 15.2. The van der Waals surface area contributed by atoms with Gasteiger partial charge in [0.2, 0.25) is 11.8 Å². The number of amides is 6. The van der Waals surface area contributed by atoms with E-state index in [1.165, 1.54) is 0 Å². The van der Waals surface area contributed by atoms with Crippen molar-refractivity contribution < 1.29 is 38.4 Å². The molecular formula is C25H41N5O8. The van der Waals surface area contributed by atoms with Gasteiger partial charge in [0.05, 0.1) is 6.04 Å². The second kappa shape index (κ2) is 15.0. The quantitative estimate of drug-likeness (QED) is 0.174. The van der Waals surface area contributed by atoms with Crippen LogP contribution in [0.5, 0.6) is 0 Å². The van der Waals surface area contributed by atoms with Crippen LogP contribution >= 0.6 is 0 Å². The number of urea groups is 1. The van der Waals surface area contributed by atoms with E-state index in [0.717, 1.165) is 0 Å². The molecule has 0 aromatic carbocycles. The fourth-order valence-electron chi connectivity index (χ4n) is 3.71. The Balaban J connectivity index is 2.59. The highest BCUT2D eigenvalue weighted by atomic mass is 16.7. The summed E-state index contributed by atoms with van der Waals surface area (Å²) in [5.74, 6) is -3.21. The molecule has 0 unspecified atom stereocenters. The molecule has 5 N–H and O–H groups in total. The highest BCUT2D eigenvalue weighted by Crippen LogP contribution is 2.19. The van der Waals surface area contributed by atoms with Gasteiger partial charge < -0.3 is 26.5 Å². The summed E-state index contributed by atoms with van der Waals surface area (Å²) in [6.45, 7) is 9.01. The van der Waals surface area contributed by atoms with Crippen molar-refractivity contribution in [1.82, 2.24) is 21.0 Å². The predicted molar refractivity (Wildman–Crippen MR) is 136 cm³/mol. The molecule has 13 nitrogen and oxygen atoms in total. The average molecular weight is 540 g/mol. The van der Waals surface area contributed by atoms with Gasteiger partial charge in [0, 0.05) is 37.6 Å². The largest absolute Gasteiger partial charge is 0.352 e. The smallest absolute Gasteiger partial charge is 0.333 e. The number of carbonyl (C=O) groups is 7. The zero-order valence-electron chi connectivity index (χ0n) is 22.9. The number of unbranched alkanes of at least 4 members (excludes halogenated alkanes) is 1. The van der Waals surface area contributed by atoms with E-state index in [2.05, 4.69) is 16.0 Å². The van der Waals surface area contributed by atoms with E-state index >= 15 is 0 Å². The zero-order chi connectivity index (χ0) is 29.0. The lowest BCUT2D eigenvalue weighted by Gasteiger charge is -2.28. The standard InChI is InChI=1S/C25H41N5O8/c1-15(2)21(23(36)28-16(22(35)25(3,4)5)9-8-14-27-24(26)37)29-17(31)10-6-7-11-20(34)38-30-18(32)12-13-19(30)33/h15-16,21H,6-14H2,1-5H3,(H,28,36)(H,29,31)(H3,26,27,37)/t16-,21-/m0/s1. The lowest BCUT2D eigenvalue weighted by atomic mass is 9.84. The monoisotopic (exact) mass is 539 g/mol. The van der Waals surface area contributed by atoms with Gasteiger partial charge in [-0.15, -0.1) is 5.06 Å². The lowest BCUT2D eigenvalue weighted by Crippen LogP contribution is -2.55. The van der Waals surface area contributed by atoms with Crippen molar-refractivity contribution in [1.29, 1.82) is 0 Å². The van der Waals surface area contributed by atoms with Crippen LogP contribution in [0, 0.1) is 11.3 Å². The minimum atomic E-state index is -0.890. The van der Waals surface area contributed by atoms with Crippen molar-refractivity contribution in [3.05, 3.63) is 0 Å². The first kappa shape index (κ1) is 32.5. The van der Waals surface area contributed by atoms with Crippen LogP contribution in [-0.4, -0.2) is 65.1 Å². The van der Waals surface area contributed by atoms with Crippen LogP contribution in [0.3, 0.4) is 0 Å². The Bertz CT molecular complexity index is 896. The fraction of sp³-hybridized carbons (Fsp3) is 0.720. The van der Waals surface area contributed by atoms with Gasteiger partial charge in [-0.3, -0.25) is 24.0 Å². The fourth-order valence-corrected chi connectivity index (χ4v) is 3.71. The van der Waals surface area contributed by atoms with Crippen molar-refractivity contribution in [2.24, 2.45) is 17.1 Å². The molecule has 0 radical (unpaired) electrons. The molecule has 0 saturated carbocycles. The van der Waals surface area contributed by atoms with Crippen LogP contribution in [0.2, 0.25) is 0 Å². The molecule has 0 aromatic heterocycles. The maximum Gasteiger partial charge on any atom is 0.333 e. The highest BCUT2D eigenvalue weighted by molar-refractivity contribution is 6.01. The van der Waals surface area contributed by atoms with Gasteiger partial charge in [-0.05, 0) is 31.6 Å². The molecule has 1 heterocycles. The van der Waals surface area contributed by atoms with Gasteiger partial charge in [0.1, 0.15) is 6.04 Å². The van der Waals surface area contributed by atoms with E-state index in [4.69, 9.17) is 10.6 Å². The Labute approximate surface area is 222 Å². The Kier molecular flexibility index (Phi) is 12.9. The third-order valence-corrected chi connectivity index (χ3v) is 5.84. The summed E-state index contributed by atoms with van der Waals surface area (Å²) >= 11 is 0. The SMILES string of the molecule is CC(C)[C@H](NC(=O)CCCCC(=O)ON1C(=O)CCC1=O)C(=O)N[C@@H](CCCNC(N)=O)C(=O)C(C)(C)C. The van der Waals surface area contributed by atoms with E-state index in [-0.39, 0.29) is 56.8 Å². The third-order valence-electron chi connectivity index (χ3n) is 5.84. The van der Waals surface area contributed by atoms with Gasteiger partial charge >= 0.3 is 12.0 Å². The van der Waals surface area contributed by atoms with Gasteiger partial charge in [-0.25, -0.2) is 9.59 Å². The van der Waals surface area contributed by atoms with E-state index in [0.29, 0.717) is 17.9 Å². The van der Waals surface area contributed by atoms with Crippen LogP contribution < -0.4 is 21.7 Å². The summed E-state index contributed by atoms with van der Waals surface area (Å²) in [5, 5.41) is 8.37. The van der Waals surface area contributed by atoms with E-state index in [1.54, 1.807) is 34.6 Å². The molecule has 214 valence electrons. The molecule has 0 aliphatic carbocycles. The highest BCUT2D eigenvalue weighted by Gasteiger charge is 2.34. The number of carbonyl (C=O) groups excluding carboxylic acids is 7. The van der Waals surface area contributed by atoms with Crippen LogP contribution in [0.25, 0.3) is 0 Å². The topological polar surface area (TPSA) is 194 Å². The molecule has 2 atom stereocenters. The number of primary amides is 1. The second-order valence-corrected chi connectivity index (χ2v) is 10.7. The molecule has 0 aromatic rings. The number of hydrogen-bond donors (Lipinski definition) is 4. The van der Waals surface area contributed by atoms with E-state index in [9.17, 15) is 33.6 Å². The average Bonchev–Trinajstić information content (AvgIpc) is 3.12. The summed E-state index contributed by atoms with van der Waals surface area (Å²) in [6, 6.07) is -2.38. The molecule has 1 fully saturated rings. The molecule has 1 aliphatic rings. The van der Waals surface area contributed by atoms with Gasteiger partial charge in [0.15, 0.2) is 5.78 Å². The number of imide groups is 1. The maximum atomic E-state index is 13.1. The summed E-state index contributed by atoms with van der Waals surface area (Å²) in [4.78, 5) is 89.0. The van der Waals surface area contributed by atoms with E-state index < -0.39 is 53.1 Å². The van der Waals surface area contributed by atoms with Crippen LogP contribution in [0.1, 0.15) is 86.0 Å². The molecule has 6 amide bonds. The second-order valence-electron chi connectivity index (χ2n) is 10.7. The van der Waals surface area contributed by atoms with Crippen molar-refractivity contribution in [3.63, 3.8) is 0 Å². The number of nitrogens with two attached hydrogens (primary N) is 1. The zero-order valence-corrected chi connectivity index (χ0v) is 22.9. The number of ketones is 1. The Morgan fingerprint density at radius 1 is 0.947 bits per heavy atom. The molecule has 1 aliphatic heterocycles. The lowest BCUT2D eigenvalue weighted by molar-refractivity contribution is -0.197. The Morgan fingerprint density at radius 2 is 1.53 bits per heavy atom. The first-order valence-electron chi connectivity index (χ1n) is 12.9. The van der Waals surface area contributed by atoms with Crippen LogP contribution in [0.4, 0.5) is 4.79 Å². The van der Waals surface area contributed by atoms with Crippen LogP contribution in [0.15, 0.2) is 0 Å². The number of Topliss-reactive ketones (excluding diaryl/α,β-unsaturated/α-hetero) is 1. The molecular weight excluding hydrogens is 498 g/mol. The Hall–Kier alpha value is -3.51. The summed E-state index contributed by atoms with van der Waals surface area (Å²) in [6.07, 6.45) is 1.26. The summed E-state index contributed by atoms with van der Waals surface area (Å²) in [7, 11) is 0. The van der Waals surface area contributed by atoms with Gasteiger partial charge in [-0.2, -0.15) is 0 Å². The number of hydroxylamine groups is 2. The molecule has 1 saturated heterocycles. The molecule has 38 heavy (non-hydrogen) atoms. The van der Waals surface area contributed by atoms with E-state index in [1.807, 2.05) is 0 Å². The number of hydrogen-bond acceptors (Lipinski definition) is 8. The predicted octanol–water partition coefficient (Wildman–Crippen LogP) is 0.843. The minimum absolute atomic E-state index is 0.00843. The summed E-state index contributed by atoms with van der Waals surface area (Å²) < 4.78 is 0. The summed E-state index contributed by atoms with van der Waals surface area (Å²) in [5.41, 5.74) is 4.34.